The maximum Gasteiger partial charge on any atom is 0.338 e. The van der Waals surface area contributed by atoms with Gasteiger partial charge in [-0.2, -0.15) is 0 Å². The van der Waals surface area contributed by atoms with Gasteiger partial charge < -0.3 is 24.1 Å². The van der Waals surface area contributed by atoms with E-state index in [1.54, 1.807) is 38.1 Å². The van der Waals surface area contributed by atoms with E-state index in [1.165, 1.54) is 0 Å². The van der Waals surface area contributed by atoms with Crippen LogP contribution in [0, 0.1) is 0 Å². The topological polar surface area (TPSA) is 74.2 Å². The van der Waals surface area contributed by atoms with Crippen LogP contribution in [0.15, 0.2) is 30.3 Å². The monoisotopic (exact) mass is 434 g/mol. The summed E-state index contributed by atoms with van der Waals surface area (Å²) in [5.74, 6) is -2.68. The van der Waals surface area contributed by atoms with Gasteiger partial charge in [-0.15, -0.1) is 0 Å². The van der Waals surface area contributed by atoms with Gasteiger partial charge in [0.05, 0.1) is 16.1 Å². The first-order valence-electron chi connectivity index (χ1n) is 7.39. The van der Waals surface area contributed by atoms with Crippen LogP contribution in [0.1, 0.15) is 24.2 Å². The van der Waals surface area contributed by atoms with Crippen molar-refractivity contribution in [1.29, 1.82) is 0 Å². The van der Waals surface area contributed by atoms with Crippen LogP contribution in [0.2, 0.25) is 0 Å². The number of halogens is 1. The van der Waals surface area contributed by atoms with Gasteiger partial charge in [0.25, 0.3) is 0 Å². The van der Waals surface area contributed by atoms with Gasteiger partial charge in [0.15, 0.2) is 11.9 Å². The van der Waals surface area contributed by atoms with E-state index >= 15 is 0 Å². The van der Waals surface area contributed by atoms with E-state index in [9.17, 15) is 9.90 Å². The summed E-state index contributed by atoms with van der Waals surface area (Å²) in [6, 6.07) is 8.62. The molecule has 1 unspecified atom stereocenters. The highest BCUT2D eigenvalue weighted by atomic mass is 127. The highest BCUT2D eigenvalue weighted by molar-refractivity contribution is 14.1. The van der Waals surface area contributed by atoms with Gasteiger partial charge in [0.2, 0.25) is 5.79 Å². The summed E-state index contributed by atoms with van der Waals surface area (Å²) in [7, 11) is 0. The normalized spacial score (nSPS) is 36.1. The number of carbonyl (C=O) groups is 1. The van der Waals surface area contributed by atoms with E-state index in [1.807, 2.05) is 6.07 Å². The van der Waals surface area contributed by atoms with E-state index < -0.39 is 29.8 Å². The fourth-order valence-corrected chi connectivity index (χ4v) is 3.29. The highest BCUT2D eigenvalue weighted by Crippen LogP contribution is 2.41. The molecule has 0 aromatic heterocycles. The van der Waals surface area contributed by atoms with E-state index in [0.29, 0.717) is 12.2 Å². The molecule has 2 aliphatic rings. The lowest BCUT2D eigenvalue weighted by molar-refractivity contribution is -0.317. The molecule has 2 fully saturated rings. The first-order valence-corrected chi connectivity index (χ1v) is 8.64. The van der Waals surface area contributed by atoms with Crippen molar-refractivity contribution in [2.75, 3.05) is 13.2 Å². The second-order valence-electron chi connectivity index (χ2n) is 6.11. The zero-order chi connectivity index (χ0) is 16.7. The Balaban J connectivity index is 1.84. The highest BCUT2D eigenvalue weighted by Gasteiger charge is 2.60. The average molecular weight is 434 g/mol. The lowest BCUT2D eigenvalue weighted by Crippen LogP contribution is -2.62. The van der Waals surface area contributed by atoms with Crippen LogP contribution in [-0.4, -0.2) is 52.0 Å². The minimum Gasteiger partial charge on any atom is -0.450 e. The number of ether oxygens (including phenoxy) is 4. The van der Waals surface area contributed by atoms with Crippen molar-refractivity contribution in [3.8, 4) is 0 Å². The third kappa shape index (κ3) is 3.39. The third-order valence-electron chi connectivity index (χ3n) is 3.88. The smallest absolute Gasteiger partial charge is 0.338 e. The van der Waals surface area contributed by atoms with Gasteiger partial charge in [0.1, 0.15) is 12.7 Å². The van der Waals surface area contributed by atoms with Gasteiger partial charge in [-0.3, -0.25) is 0 Å². The van der Waals surface area contributed by atoms with Gasteiger partial charge in [0, 0.05) is 0 Å². The average Bonchev–Trinajstić information content (AvgIpc) is 2.85. The molecule has 2 heterocycles. The number of aliphatic hydroxyl groups excluding tert-OH is 1. The van der Waals surface area contributed by atoms with Crippen LogP contribution in [0.4, 0.5) is 0 Å². The van der Waals surface area contributed by atoms with E-state index in [0.717, 1.165) is 0 Å². The fourth-order valence-electron chi connectivity index (χ4n) is 2.73. The molecule has 2 saturated heterocycles. The van der Waals surface area contributed by atoms with E-state index in [-0.39, 0.29) is 10.5 Å². The Morgan fingerprint density at radius 2 is 2.00 bits per heavy atom. The predicted octanol–water partition coefficient (Wildman–Crippen LogP) is 1.89. The Bertz CT molecular complexity index is 577. The molecule has 6 nitrogen and oxygen atoms in total. The zero-order valence-electron chi connectivity index (χ0n) is 12.9. The summed E-state index contributed by atoms with van der Waals surface area (Å²) in [4.78, 5) is 12.4. The van der Waals surface area contributed by atoms with E-state index in [4.69, 9.17) is 18.9 Å². The summed E-state index contributed by atoms with van der Waals surface area (Å²) >= 11 is 2.08. The molecule has 4 atom stereocenters. The Morgan fingerprint density at radius 3 is 2.61 bits per heavy atom. The van der Waals surface area contributed by atoms with Crippen LogP contribution < -0.4 is 0 Å². The van der Waals surface area contributed by atoms with Crippen LogP contribution >= 0.6 is 22.6 Å². The largest absolute Gasteiger partial charge is 0.450 e. The lowest BCUT2D eigenvalue weighted by atomic mass is 9.99. The maximum atomic E-state index is 12.4. The number of benzene rings is 1. The molecule has 0 bridgehead atoms. The molecular weight excluding hydrogens is 415 g/mol. The number of esters is 1. The molecule has 1 N–H and O–H groups in total. The minimum atomic E-state index is -1.28. The Kier molecular flexibility index (Phi) is 4.67. The molecule has 0 saturated carbocycles. The molecule has 1 aromatic carbocycles. The number of hydrogen-bond acceptors (Lipinski definition) is 6. The summed E-state index contributed by atoms with van der Waals surface area (Å²) < 4.78 is 22.6. The van der Waals surface area contributed by atoms with Crippen molar-refractivity contribution in [3.05, 3.63) is 35.9 Å². The second kappa shape index (κ2) is 6.29. The molecule has 23 heavy (non-hydrogen) atoms. The number of carbonyl (C=O) groups excluding carboxylic acids is 1. The van der Waals surface area contributed by atoms with Crippen LogP contribution in [-0.2, 0) is 18.9 Å². The van der Waals surface area contributed by atoms with Gasteiger partial charge >= 0.3 is 5.97 Å². The quantitative estimate of drug-likeness (QED) is 0.436. The van der Waals surface area contributed by atoms with Gasteiger partial charge in [-0.05, 0) is 26.0 Å². The molecule has 0 amide bonds. The Labute approximate surface area is 148 Å². The zero-order valence-corrected chi connectivity index (χ0v) is 15.1. The molecule has 7 heteroatoms. The summed E-state index contributed by atoms with van der Waals surface area (Å²) in [6.07, 6.45) is -1.87. The number of alkyl halides is 1. The SMILES string of the molecule is CC1(C)OCC2(OC[C@H](I)[C@@H](O)[C@@H]2OC(=O)c2ccccc2)O1. The first kappa shape index (κ1) is 17.1. The van der Waals surface area contributed by atoms with Crippen molar-refractivity contribution >= 4 is 28.6 Å². The van der Waals surface area contributed by atoms with Crippen molar-refractivity contribution < 1.29 is 28.8 Å². The number of aliphatic hydroxyl groups is 1. The summed E-state index contributed by atoms with van der Waals surface area (Å²) in [5, 5.41) is 10.5. The predicted molar refractivity (Wildman–Crippen MR) is 89.3 cm³/mol. The van der Waals surface area contributed by atoms with Gasteiger partial charge in [-0.1, -0.05) is 40.8 Å². The lowest BCUT2D eigenvalue weighted by Gasteiger charge is -2.43. The summed E-state index contributed by atoms with van der Waals surface area (Å²) in [6.45, 7) is 3.89. The molecule has 126 valence electrons. The van der Waals surface area contributed by atoms with Crippen LogP contribution in [0.25, 0.3) is 0 Å². The maximum absolute atomic E-state index is 12.4. The Morgan fingerprint density at radius 1 is 1.30 bits per heavy atom. The molecule has 3 rings (SSSR count). The molecule has 0 radical (unpaired) electrons. The standard InChI is InChI=1S/C16H19IO6/c1-15(2)21-9-16(23-15)13(12(18)11(17)8-20-16)22-14(19)10-6-4-3-5-7-10/h3-7,11-13,18H,8-9H2,1-2H3/t11-,12+,13-,16?/m0/s1. The number of hydrogen-bond donors (Lipinski definition) is 1. The molecule has 0 aliphatic carbocycles. The molecule has 2 aliphatic heterocycles. The van der Waals surface area contributed by atoms with Gasteiger partial charge in [-0.25, -0.2) is 4.79 Å². The second-order valence-corrected chi connectivity index (χ2v) is 7.71. The number of rotatable bonds is 2. The van der Waals surface area contributed by atoms with Crippen LogP contribution in [0.5, 0.6) is 0 Å². The van der Waals surface area contributed by atoms with Crippen molar-refractivity contribution in [2.24, 2.45) is 0 Å². The summed E-state index contributed by atoms with van der Waals surface area (Å²) in [5.41, 5.74) is 0.406. The molecular formula is C16H19IO6. The minimum absolute atomic E-state index is 0.0904. The van der Waals surface area contributed by atoms with E-state index in [2.05, 4.69) is 22.6 Å². The fraction of sp³-hybridized carbons (Fsp3) is 0.562. The van der Waals surface area contributed by atoms with Crippen molar-refractivity contribution in [3.63, 3.8) is 0 Å². The van der Waals surface area contributed by atoms with Crippen LogP contribution in [0.3, 0.4) is 0 Å². The Hall–Kier alpha value is -0.740. The van der Waals surface area contributed by atoms with Crippen molar-refractivity contribution in [1.82, 2.24) is 0 Å². The molecule has 1 aromatic rings. The molecule has 1 spiro atoms. The first-order chi connectivity index (χ1) is 10.8. The third-order valence-corrected chi connectivity index (χ3v) is 4.98. The van der Waals surface area contributed by atoms with Crippen molar-refractivity contribution in [2.45, 2.75) is 41.6 Å².